The maximum atomic E-state index is 11.3. The number of aliphatic hydroxyl groups excluding tert-OH is 1. The number of carboxylic acid groups (broad SMARTS) is 1. The van der Waals surface area contributed by atoms with Crippen LogP contribution in [-0.2, 0) is 54.2 Å². The summed E-state index contributed by atoms with van der Waals surface area (Å²) >= 11 is 7.00. The van der Waals surface area contributed by atoms with Crippen molar-refractivity contribution in [2.75, 3.05) is 52.9 Å². The van der Waals surface area contributed by atoms with Gasteiger partial charge in [-0.2, -0.15) is 5.26 Å². The fraction of sp³-hybridized carbons (Fsp3) is 0.327. The number of esters is 1. The number of carbonyl (C=O) groups is 2. The van der Waals surface area contributed by atoms with Crippen LogP contribution in [0.3, 0.4) is 0 Å². The summed E-state index contributed by atoms with van der Waals surface area (Å²) in [4.78, 5) is 21.5. The van der Waals surface area contributed by atoms with Crippen molar-refractivity contribution in [2.45, 2.75) is 58.3 Å². The lowest BCUT2D eigenvalue weighted by Crippen LogP contribution is -2.10. The minimum absolute atomic E-state index is 0.0730. The van der Waals surface area contributed by atoms with E-state index in [9.17, 15) is 9.59 Å². The van der Waals surface area contributed by atoms with Crippen LogP contribution >= 0.6 is 45.3 Å². The van der Waals surface area contributed by atoms with E-state index < -0.39 is 5.97 Å². The first kappa shape index (κ1) is 51.0. The molecule has 0 aliphatic carbocycles. The van der Waals surface area contributed by atoms with Gasteiger partial charge in [-0.25, -0.2) is 0 Å². The second-order valence-electron chi connectivity index (χ2n) is 14.8. The lowest BCUT2D eigenvalue weighted by molar-refractivity contribution is -0.145. The molecule has 2 N–H and O–H groups in total. The molecule has 342 valence electrons. The summed E-state index contributed by atoms with van der Waals surface area (Å²) < 4.78 is 26.3. The third-order valence-corrected chi connectivity index (χ3v) is 13.4. The predicted octanol–water partition coefficient (Wildman–Crippen LogP) is 12.5. The molecule has 0 amide bonds. The summed E-state index contributed by atoms with van der Waals surface area (Å²) in [5, 5.41) is 39.1. The van der Waals surface area contributed by atoms with Gasteiger partial charge in [0.15, 0.2) is 0 Å². The summed E-state index contributed by atoms with van der Waals surface area (Å²) in [5.74, 6) is -0.990. The maximum absolute atomic E-state index is 11.3. The first-order valence-electron chi connectivity index (χ1n) is 21.8. The monoisotopic (exact) mass is 951 g/mol. The Morgan fingerprint density at radius 2 is 0.908 bits per heavy atom. The van der Waals surface area contributed by atoms with Gasteiger partial charge < -0.3 is 29.2 Å². The molecule has 65 heavy (non-hydrogen) atoms. The Morgan fingerprint density at radius 1 is 0.523 bits per heavy atom. The topological polar surface area (TPSA) is 135 Å². The van der Waals surface area contributed by atoms with Crippen LogP contribution in [0.1, 0.15) is 54.9 Å². The summed E-state index contributed by atoms with van der Waals surface area (Å²) in [6.07, 6.45) is 5.11. The number of nitriles is 1. The number of fused-ring (bicyclic) bond motifs is 4. The number of thiophene rings is 4. The normalized spacial score (nSPS) is 10.7. The zero-order chi connectivity index (χ0) is 45.9. The van der Waals surface area contributed by atoms with E-state index in [1.54, 1.807) is 45.3 Å². The highest BCUT2D eigenvalue weighted by Crippen LogP contribution is 2.25. The van der Waals surface area contributed by atoms with Crippen molar-refractivity contribution < 1.29 is 38.7 Å². The van der Waals surface area contributed by atoms with Crippen LogP contribution in [0.5, 0.6) is 0 Å². The van der Waals surface area contributed by atoms with Gasteiger partial charge in [0, 0.05) is 25.4 Å². The van der Waals surface area contributed by atoms with E-state index in [4.69, 9.17) is 34.4 Å². The number of hydrogen-bond donors (Lipinski definition) is 2. The molecular formula is C52H57NO8S4. The molecule has 8 aromatic rings. The summed E-state index contributed by atoms with van der Waals surface area (Å²) in [5.41, 5.74) is 5.00. The van der Waals surface area contributed by atoms with Crippen LogP contribution in [0.2, 0.25) is 0 Å². The molecule has 0 bridgehead atoms. The van der Waals surface area contributed by atoms with E-state index in [1.165, 1.54) is 62.6 Å². The Hall–Kier alpha value is -5.01. The number of aliphatic hydroxyl groups is 1. The highest BCUT2D eigenvalue weighted by Gasteiger charge is 2.04. The van der Waals surface area contributed by atoms with E-state index in [0.29, 0.717) is 52.5 Å². The van der Waals surface area contributed by atoms with E-state index in [2.05, 4.69) is 125 Å². The van der Waals surface area contributed by atoms with Crippen molar-refractivity contribution in [3.05, 3.63) is 141 Å². The Bertz CT molecular complexity index is 2660. The molecule has 4 aromatic heterocycles. The Balaban J connectivity index is 0.000000165. The molecule has 0 unspecified atom stereocenters. The van der Waals surface area contributed by atoms with Crippen molar-refractivity contribution in [1.82, 2.24) is 0 Å². The molecule has 0 saturated heterocycles. The van der Waals surface area contributed by atoms with Crippen molar-refractivity contribution in [3.8, 4) is 6.07 Å². The van der Waals surface area contributed by atoms with Gasteiger partial charge >= 0.3 is 11.9 Å². The molecule has 0 fully saturated rings. The number of nitrogens with zero attached hydrogens (tertiary/aromatic N) is 1. The SMILES string of the molecule is CCCOC(=O)CCOCCc1ccc2sccc2c1.N#CCCOCCc1ccc2sccc2c1.O=C(O)CCOCCc1ccc2sccc2c1.OCCc1ccc2sccc2c1. The molecule has 0 spiro atoms. The van der Waals surface area contributed by atoms with Crippen LogP contribution in [0, 0.1) is 11.3 Å². The highest BCUT2D eigenvalue weighted by atomic mass is 32.1. The zero-order valence-corrected chi connectivity index (χ0v) is 40.1. The lowest BCUT2D eigenvalue weighted by Gasteiger charge is -2.05. The van der Waals surface area contributed by atoms with Gasteiger partial charge in [0.1, 0.15) is 0 Å². The third kappa shape index (κ3) is 18.8. The van der Waals surface area contributed by atoms with Crippen LogP contribution < -0.4 is 0 Å². The van der Waals surface area contributed by atoms with Gasteiger partial charge in [0.25, 0.3) is 0 Å². The fourth-order valence-electron chi connectivity index (χ4n) is 6.41. The van der Waals surface area contributed by atoms with Crippen LogP contribution in [-0.4, -0.2) is 75.0 Å². The second kappa shape index (κ2) is 29.5. The molecule has 4 heterocycles. The lowest BCUT2D eigenvalue weighted by atomic mass is 10.1. The maximum Gasteiger partial charge on any atom is 0.308 e. The minimum Gasteiger partial charge on any atom is -0.481 e. The standard InChI is InChI=1S/C16H20O3S.C13H13NOS.C13H14O3S.C10H10OS/c1-2-8-19-16(17)6-10-18-9-5-13-3-4-15-14(12-13)7-11-20-15;14-6-1-7-15-8-4-11-2-3-13-12(10-11)5-9-16-13;14-13(15)4-7-16-6-3-10-1-2-12-11(9-10)5-8-17-12;11-5-3-8-1-2-10-9(7-8)4-6-12-10/h3-4,7,11-12H,2,5-6,8-10H2,1H3;2-3,5,9-10H,1,4,7-8H2;1-2,5,8-9H,3-4,6-7H2,(H,14,15);1-2,4,6-7,11H,3,5H2. The largest absolute Gasteiger partial charge is 0.481 e. The summed E-state index contributed by atoms with van der Waals surface area (Å²) in [6.45, 7) is 5.87. The van der Waals surface area contributed by atoms with Gasteiger partial charge in [-0.3, -0.25) is 9.59 Å². The molecule has 0 radical (unpaired) electrons. The minimum atomic E-state index is -0.815. The summed E-state index contributed by atoms with van der Waals surface area (Å²) in [7, 11) is 0. The number of ether oxygens (including phenoxy) is 4. The number of benzene rings is 4. The van der Waals surface area contributed by atoms with E-state index in [1.807, 2.05) is 6.92 Å². The Labute approximate surface area is 397 Å². The summed E-state index contributed by atoms with van der Waals surface area (Å²) in [6, 6.07) is 36.3. The van der Waals surface area contributed by atoms with Crippen molar-refractivity contribution >= 4 is 97.6 Å². The van der Waals surface area contributed by atoms with E-state index in [-0.39, 0.29) is 25.6 Å². The molecule has 0 aliphatic heterocycles. The van der Waals surface area contributed by atoms with Crippen molar-refractivity contribution in [2.24, 2.45) is 0 Å². The average molecular weight is 952 g/mol. The highest BCUT2D eigenvalue weighted by molar-refractivity contribution is 7.18. The molecular weight excluding hydrogens is 895 g/mol. The van der Waals surface area contributed by atoms with Crippen LogP contribution in [0.25, 0.3) is 40.3 Å². The quantitative estimate of drug-likeness (QED) is 0.0533. The Morgan fingerprint density at radius 3 is 1.28 bits per heavy atom. The number of carboxylic acids is 1. The molecule has 0 aliphatic rings. The average Bonchev–Trinajstić information content (AvgIpc) is 4.16. The third-order valence-electron chi connectivity index (χ3n) is 9.81. The fourth-order valence-corrected chi connectivity index (χ4v) is 9.50. The molecule has 4 aromatic carbocycles. The first-order chi connectivity index (χ1) is 31.8. The number of carbonyl (C=O) groups excluding carboxylic acids is 1. The molecule has 8 rings (SSSR count). The number of rotatable bonds is 21. The van der Waals surface area contributed by atoms with Crippen molar-refractivity contribution in [1.29, 1.82) is 5.26 Å². The number of hydrogen-bond acceptors (Lipinski definition) is 12. The van der Waals surface area contributed by atoms with Gasteiger partial charge in [0.05, 0.1) is 71.6 Å². The zero-order valence-electron chi connectivity index (χ0n) is 36.8. The van der Waals surface area contributed by atoms with Gasteiger partial charge in [-0.1, -0.05) is 55.5 Å². The first-order valence-corrected chi connectivity index (χ1v) is 25.3. The van der Waals surface area contributed by atoms with Gasteiger partial charge in [0.2, 0.25) is 0 Å². The van der Waals surface area contributed by atoms with Crippen LogP contribution in [0.4, 0.5) is 0 Å². The van der Waals surface area contributed by atoms with Crippen molar-refractivity contribution in [3.63, 3.8) is 0 Å². The second-order valence-corrected chi connectivity index (χ2v) is 18.5. The molecule has 0 saturated carbocycles. The molecule has 13 heteroatoms. The predicted molar refractivity (Wildman–Crippen MR) is 270 cm³/mol. The van der Waals surface area contributed by atoms with E-state index >= 15 is 0 Å². The van der Waals surface area contributed by atoms with E-state index in [0.717, 1.165) is 32.1 Å². The smallest absolute Gasteiger partial charge is 0.308 e. The molecule has 0 atom stereocenters. The van der Waals surface area contributed by atoms with Gasteiger partial charge in [-0.05, 0) is 146 Å². The van der Waals surface area contributed by atoms with Gasteiger partial charge in [-0.15, -0.1) is 45.3 Å². The molecule has 9 nitrogen and oxygen atoms in total. The Kier molecular flexibility index (Phi) is 23.1. The number of aliphatic carboxylic acids is 1. The van der Waals surface area contributed by atoms with Crippen LogP contribution in [0.15, 0.2) is 119 Å².